The molecule has 0 aliphatic rings. The lowest BCUT2D eigenvalue weighted by molar-refractivity contribution is -0.128. The number of para-hydroxylation sites is 1. The van der Waals surface area contributed by atoms with Crippen LogP contribution in [0.5, 0.6) is 0 Å². The molecule has 0 aliphatic carbocycles. The number of carbonyl (C=O) groups excluding carboxylic acids is 3. The van der Waals surface area contributed by atoms with Crippen LogP contribution >= 0.6 is 0 Å². The van der Waals surface area contributed by atoms with Crippen molar-refractivity contribution in [1.29, 1.82) is 0 Å². The molecule has 268 valence electrons. The number of carboxylic acids is 1. The van der Waals surface area contributed by atoms with Crippen LogP contribution in [0.15, 0.2) is 126 Å². The van der Waals surface area contributed by atoms with Gasteiger partial charge in [0.15, 0.2) is 0 Å². The van der Waals surface area contributed by atoms with Crippen LogP contribution < -0.4 is 16.4 Å². The molecule has 0 saturated heterocycles. The number of amides is 3. The number of nitrogens with one attached hydrogen (secondary N) is 2. The lowest BCUT2D eigenvalue weighted by atomic mass is 10.00. The minimum Gasteiger partial charge on any atom is -0.478 e. The van der Waals surface area contributed by atoms with E-state index in [4.69, 9.17) is 5.73 Å². The highest BCUT2D eigenvalue weighted by Gasteiger charge is 2.33. The van der Waals surface area contributed by atoms with Gasteiger partial charge in [-0.1, -0.05) is 91.0 Å². The van der Waals surface area contributed by atoms with Gasteiger partial charge >= 0.3 is 5.97 Å². The number of benzene rings is 4. The molecule has 1 heterocycles. The van der Waals surface area contributed by atoms with E-state index in [1.807, 2.05) is 12.1 Å². The summed E-state index contributed by atoms with van der Waals surface area (Å²) in [5, 5.41) is 27.3. The van der Waals surface area contributed by atoms with Crippen molar-refractivity contribution in [2.24, 2.45) is 5.73 Å². The Hall–Kier alpha value is -5.96. The molecule has 0 saturated carbocycles. The van der Waals surface area contributed by atoms with E-state index in [0.717, 1.165) is 15.8 Å². The van der Waals surface area contributed by atoms with Gasteiger partial charge in [0.25, 0.3) is 5.91 Å². The number of aliphatic hydroxyl groups excluding tert-OH is 1. The first kappa shape index (κ1) is 37.3. The first-order chi connectivity index (χ1) is 24.9. The predicted octanol–water partition coefficient (Wildman–Crippen LogP) is 2.89. The fraction of sp³-hybridized carbons (Fsp3) is 0.184. The fourth-order valence-corrected chi connectivity index (χ4v) is 7.07. The highest BCUT2D eigenvalue weighted by Crippen LogP contribution is 2.22. The van der Waals surface area contributed by atoms with E-state index in [2.05, 4.69) is 15.6 Å². The van der Waals surface area contributed by atoms with Crippen LogP contribution in [0.2, 0.25) is 0 Å². The number of carbonyl (C=O) groups is 4. The number of hydrogen-bond acceptors (Lipinski definition) is 8. The minimum atomic E-state index is -4.41. The Bertz CT molecular complexity index is 2170. The van der Waals surface area contributed by atoms with Crippen LogP contribution in [0, 0.1) is 0 Å². The highest BCUT2D eigenvalue weighted by molar-refractivity contribution is 7.89. The van der Waals surface area contributed by atoms with Gasteiger partial charge in [0.2, 0.25) is 21.8 Å². The van der Waals surface area contributed by atoms with Gasteiger partial charge in [-0.05, 0) is 47.9 Å². The van der Waals surface area contributed by atoms with Crippen LogP contribution in [-0.2, 0) is 32.6 Å². The van der Waals surface area contributed by atoms with Crippen molar-refractivity contribution in [1.82, 2.24) is 19.9 Å². The van der Waals surface area contributed by atoms with Crippen molar-refractivity contribution in [3.8, 4) is 0 Å². The first-order valence-corrected chi connectivity index (χ1v) is 17.7. The Labute approximate surface area is 300 Å². The second-order valence-corrected chi connectivity index (χ2v) is 14.0. The third kappa shape index (κ3) is 9.63. The van der Waals surface area contributed by atoms with E-state index in [1.54, 1.807) is 78.9 Å². The summed E-state index contributed by atoms with van der Waals surface area (Å²) in [6.07, 6.45) is -2.09. The maximum Gasteiger partial charge on any atom is 0.335 e. The molecule has 3 amide bonds. The van der Waals surface area contributed by atoms with Gasteiger partial charge in [0.1, 0.15) is 11.7 Å². The molecule has 0 fully saturated rings. The van der Waals surface area contributed by atoms with E-state index in [0.29, 0.717) is 16.6 Å². The largest absolute Gasteiger partial charge is 0.478 e. The lowest BCUT2D eigenvalue weighted by Gasteiger charge is -2.31. The zero-order valence-corrected chi connectivity index (χ0v) is 28.6. The zero-order valence-electron chi connectivity index (χ0n) is 27.8. The number of primary amides is 1. The molecule has 4 aromatic carbocycles. The standard InChI is InChI=1S/C38H37N5O8S/c39-35(45)22-33(42-36(46)31-19-18-27-14-7-8-17-30(27)40-31)37(47)41-32(20-25-10-3-1-4-11-25)34(44)24-43(23-26-12-5-2-6-13-26)52(50,51)29-16-9-15-28(21-29)38(48)49/h1-19,21,32-34,44H,20,22-24H2,(H2,39,45)(H,41,47)(H,42,46)(H,48,49)/t32-,33-,34+/m0/s1. The Morgan fingerprint density at radius 1 is 0.788 bits per heavy atom. The van der Waals surface area contributed by atoms with Crippen LogP contribution in [-0.4, -0.2) is 76.3 Å². The monoisotopic (exact) mass is 723 g/mol. The Morgan fingerprint density at radius 3 is 2.12 bits per heavy atom. The van der Waals surface area contributed by atoms with Gasteiger partial charge in [-0.3, -0.25) is 14.4 Å². The second-order valence-electron chi connectivity index (χ2n) is 12.1. The number of nitrogens with zero attached hydrogens (tertiary/aromatic N) is 2. The molecule has 0 unspecified atom stereocenters. The molecular weight excluding hydrogens is 687 g/mol. The van der Waals surface area contributed by atoms with Gasteiger partial charge in [0, 0.05) is 18.5 Å². The minimum absolute atomic E-state index is 0.00410. The number of fused-ring (bicyclic) bond motifs is 1. The van der Waals surface area contributed by atoms with Gasteiger partial charge in [-0.2, -0.15) is 4.31 Å². The predicted molar refractivity (Wildman–Crippen MR) is 192 cm³/mol. The summed E-state index contributed by atoms with van der Waals surface area (Å²) < 4.78 is 29.1. The smallest absolute Gasteiger partial charge is 0.335 e. The van der Waals surface area contributed by atoms with Gasteiger partial charge in [-0.15, -0.1) is 0 Å². The van der Waals surface area contributed by atoms with Crippen molar-refractivity contribution >= 4 is 44.6 Å². The third-order valence-electron chi connectivity index (χ3n) is 8.26. The second kappa shape index (κ2) is 16.8. The summed E-state index contributed by atoms with van der Waals surface area (Å²) in [6, 6.07) is 30.0. The van der Waals surface area contributed by atoms with Crippen LogP contribution in [0.1, 0.15) is 38.4 Å². The number of aliphatic hydroxyl groups is 1. The molecule has 5 aromatic rings. The van der Waals surface area contributed by atoms with Crippen molar-refractivity contribution < 1.29 is 37.8 Å². The Kier molecular flexibility index (Phi) is 12.1. The number of nitrogens with two attached hydrogens (primary N) is 1. The van der Waals surface area contributed by atoms with Crippen LogP contribution in [0.4, 0.5) is 0 Å². The molecule has 13 nitrogen and oxygen atoms in total. The Balaban J connectivity index is 1.43. The van der Waals surface area contributed by atoms with Crippen molar-refractivity contribution in [3.05, 3.63) is 144 Å². The SMILES string of the molecule is NC(=O)C[C@H](NC(=O)c1ccc2ccccc2n1)C(=O)N[C@@H](Cc1ccccc1)[C@H](O)CN(Cc1ccccc1)S(=O)(=O)c1cccc(C(=O)O)c1. The molecule has 0 spiro atoms. The number of pyridine rings is 1. The highest BCUT2D eigenvalue weighted by atomic mass is 32.2. The van der Waals surface area contributed by atoms with Gasteiger partial charge < -0.3 is 26.6 Å². The van der Waals surface area contributed by atoms with E-state index in [-0.39, 0.29) is 29.1 Å². The van der Waals surface area contributed by atoms with E-state index < -0.39 is 64.9 Å². The number of sulfonamides is 1. The maximum atomic E-state index is 14.0. The molecule has 3 atom stereocenters. The first-order valence-electron chi connectivity index (χ1n) is 16.3. The molecule has 5 rings (SSSR count). The van der Waals surface area contributed by atoms with Crippen LogP contribution in [0.25, 0.3) is 10.9 Å². The molecule has 1 aromatic heterocycles. The zero-order chi connectivity index (χ0) is 37.3. The summed E-state index contributed by atoms with van der Waals surface area (Å²) >= 11 is 0. The molecule has 52 heavy (non-hydrogen) atoms. The summed E-state index contributed by atoms with van der Waals surface area (Å²) in [5.74, 6) is -3.78. The number of rotatable bonds is 16. The van der Waals surface area contributed by atoms with Crippen molar-refractivity contribution in [2.75, 3.05) is 6.54 Å². The van der Waals surface area contributed by atoms with Crippen LogP contribution in [0.3, 0.4) is 0 Å². The molecule has 0 radical (unpaired) electrons. The van der Waals surface area contributed by atoms with E-state index in [1.165, 1.54) is 24.3 Å². The Morgan fingerprint density at radius 2 is 1.44 bits per heavy atom. The third-order valence-corrected chi connectivity index (χ3v) is 10.1. The summed E-state index contributed by atoms with van der Waals surface area (Å²) in [4.78, 5) is 54.8. The summed E-state index contributed by atoms with van der Waals surface area (Å²) in [5.41, 5.74) is 7.04. The van der Waals surface area contributed by atoms with E-state index in [9.17, 15) is 37.8 Å². The number of hydrogen-bond donors (Lipinski definition) is 5. The molecule has 0 bridgehead atoms. The average molecular weight is 724 g/mol. The molecule has 14 heteroatoms. The topological polar surface area (TPSA) is 209 Å². The molecule has 6 N–H and O–H groups in total. The summed E-state index contributed by atoms with van der Waals surface area (Å²) in [7, 11) is -4.41. The van der Waals surface area contributed by atoms with Crippen molar-refractivity contribution in [2.45, 2.75) is 42.5 Å². The summed E-state index contributed by atoms with van der Waals surface area (Å²) in [6.45, 7) is -0.719. The fourth-order valence-electron chi connectivity index (χ4n) is 5.58. The van der Waals surface area contributed by atoms with Crippen molar-refractivity contribution in [3.63, 3.8) is 0 Å². The van der Waals surface area contributed by atoms with Gasteiger partial charge in [0.05, 0.1) is 34.5 Å². The molecular formula is C38H37N5O8S. The molecule has 0 aliphatic heterocycles. The maximum absolute atomic E-state index is 14.0. The number of carboxylic acid groups (broad SMARTS) is 1. The normalized spacial score (nSPS) is 13.2. The lowest BCUT2D eigenvalue weighted by Crippen LogP contribution is -2.56. The quantitative estimate of drug-likeness (QED) is 0.101. The van der Waals surface area contributed by atoms with Gasteiger partial charge in [-0.25, -0.2) is 18.2 Å². The average Bonchev–Trinajstić information content (AvgIpc) is 3.14. The number of aromatic carboxylic acids is 1. The van der Waals surface area contributed by atoms with E-state index >= 15 is 0 Å². The number of aromatic nitrogens is 1.